The van der Waals surface area contributed by atoms with Gasteiger partial charge in [0.2, 0.25) is 0 Å². The minimum atomic E-state index is -0.495. The Labute approximate surface area is 191 Å². The van der Waals surface area contributed by atoms with E-state index in [1.54, 1.807) is 60.7 Å². The van der Waals surface area contributed by atoms with Gasteiger partial charge >= 0.3 is 0 Å². The van der Waals surface area contributed by atoms with Crippen LogP contribution in [0.4, 0.5) is 0 Å². The number of fused-ring (bicyclic) bond motifs is 2. The van der Waals surface area contributed by atoms with E-state index >= 15 is 0 Å². The smallest absolute Gasteiger partial charge is 0.120 e. The quantitative estimate of drug-likeness (QED) is 0.240. The summed E-state index contributed by atoms with van der Waals surface area (Å²) in [6.07, 6.45) is 0. The molecule has 0 aromatic heterocycles. The van der Waals surface area contributed by atoms with Gasteiger partial charge in [0.1, 0.15) is 23.0 Å². The maximum atomic E-state index is 11.1. The van der Waals surface area contributed by atoms with E-state index in [1.165, 1.54) is 0 Å². The lowest BCUT2D eigenvalue weighted by atomic mass is 9.79. The summed E-state index contributed by atoms with van der Waals surface area (Å²) in [4.78, 5) is 0. The zero-order valence-corrected chi connectivity index (χ0v) is 18.4. The van der Waals surface area contributed by atoms with Crippen LogP contribution in [0.25, 0.3) is 21.5 Å². The summed E-state index contributed by atoms with van der Waals surface area (Å²) in [7, 11) is 0. The van der Waals surface area contributed by atoms with Gasteiger partial charge in [-0.15, -0.1) is 0 Å². The number of phenols is 4. The van der Waals surface area contributed by atoms with E-state index in [2.05, 4.69) is 18.2 Å². The van der Waals surface area contributed by atoms with E-state index in [4.69, 9.17) is 0 Å². The van der Waals surface area contributed by atoms with Crippen molar-refractivity contribution < 1.29 is 20.4 Å². The fourth-order valence-corrected chi connectivity index (χ4v) is 4.92. The van der Waals surface area contributed by atoms with Crippen molar-refractivity contribution >= 4 is 21.5 Å². The van der Waals surface area contributed by atoms with Gasteiger partial charge in [0.15, 0.2) is 0 Å². The lowest BCUT2D eigenvalue weighted by Gasteiger charge is -2.25. The van der Waals surface area contributed by atoms with Crippen LogP contribution in [-0.4, -0.2) is 20.4 Å². The van der Waals surface area contributed by atoms with Gasteiger partial charge in [-0.05, 0) is 77.4 Å². The fourth-order valence-electron chi connectivity index (χ4n) is 4.92. The van der Waals surface area contributed by atoms with Crippen molar-refractivity contribution in [2.24, 2.45) is 0 Å². The van der Waals surface area contributed by atoms with Gasteiger partial charge in [-0.25, -0.2) is 0 Å². The van der Waals surface area contributed by atoms with Gasteiger partial charge in [0.05, 0.1) is 0 Å². The first-order valence-corrected chi connectivity index (χ1v) is 10.8. The highest BCUT2D eigenvalue weighted by atomic mass is 16.3. The predicted molar refractivity (Wildman–Crippen MR) is 131 cm³/mol. The van der Waals surface area contributed by atoms with Crippen molar-refractivity contribution in [1.82, 2.24) is 0 Å². The Hall–Kier alpha value is -4.18. The molecule has 5 rings (SSSR count). The first-order chi connectivity index (χ1) is 15.8. The van der Waals surface area contributed by atoms with Crippen molar-refractivity contribution in [3.8, 4) is 23.0 Å². The summed E-state index contributed by atoms with van der Waals surface area (Å²) >= 11 is 0. The monoisotopic (exact) mass is 436 g/mol. The molecule has 0 aliphatic rings. The van der Waals surface area contributed by atoms with Crippen LogP contribution in [0.2, 0.25) is 0 Å². The molecule has 0 bridgehead atoms. The molecule has 4 nitrogen and oxygen atoms in total. The molecule has 164 valence electrons. The molecule has 0 spiro atoms. The van der Waals surface area contributed by atoms with E-state index in [0.29, 0.717) is 11.1 Å². The van der Waals surface area contributed by atoms with Gasteiger partial charge in [0, 0.05) is 17.0 Å². The first-order valence-electron chi connectivity index (χ1n) is 10.8. The second-order valence-corrected chi connectivity index (χ2v) is 8.66. The largest absolute Gasteiger partial charge is 0.508 e. The third-order valence-electron chi connectivity index (χ3n) is 6.20. The minimum absolute atomic E-state index is 0.104. The third kappa shape index (κ3) is 3.60. The topological polar surface area (TPSA) is 80.9 Å². The summed E-state index contributed by atoms with van der Waals surface area (Å²) in [6, 6.07) is 23.1. The van der Waals surface area contributed by atoms with Crippen molar-refractivity contribution in [2.45, 2.75) is 19.8 Å². The summed E-state index contributed by atoms with van der Waals surface area (Å²) in [5.41, 5.74) is 4.37. The van der Waals surface area contributed by atoms with Crippen LogP contribution < -0.4 is 0 Å². The second-order valence-electron chi connectivity index (χ2n) is 8.66. The molecule has 0 amide bonds. The molecule has 0 atom stereocenters. The van der Waals surface area contributed by atoms with Crippen LogP contribution in [-0.2, 0) is 0 Å². The molecule has 4 N–H and O–H groups in total. The molecule has 0 saturated heterocycles. The summed E-state index contributed by atoms with van der Waals surface area (Å²) < 4.78 is 0. The number of phenolic OH excluding ortho intramolecular Hbond substituents is 4. The number of aryl methyl sites for hydroxylation is 2. The summed E-state index contributed by atoms with van der Waals surface area (Å²) in [5.74, 6) is 0.00120. The predicted octanol–water partition coefficient (Wildman–Crippen LogP) is 6.61. The SMILES string of the molecule is Cc1cc(C)cc(C(c2c(O)ccc3cc(O)ccc23)c2c(O)ccc3cc(O)ccc23)c1. The Morgan fingerprint density at radius 1 is 0.515 bits per heavy atom. The van der Waals surface area contributed by atoms with Gasteiger partial charge < -0.3 is 20.4 Å². The maximum absolute atomic E-state index is 11.1. The zero-order chi connectivity index (χ0) is 23.3. The zero-order valence-electron chi connectivity index (χ0n) is 18.4. The highest BCUT2D eigenvalue weighted by Gasteiger charge is 2.27. The normalized spacial score (nSPS) is 11.5. The standard InChI is InChI=1S/C29H24O4/c1-16-11-17(2)13-20(12-16)27(28-23-7-5-21(30)14-18(23)3-9-25(28)32)29-24-8-6-22(31)15-19(24)4-10-26(29)33/h3-15,27,30-33H,1-2H3. The number of hydrogen-bond donors (Lipinski definition) is 4. The van der Waals surface area contributed by atoms with E-state index in [9.17, 15) is 20.4 Å². The second kappa shape index (κ2) is 7.75. The molecule has 0 aliphatic carbocycles. The first kappa shape index (κ1) is 20.7. The molecule has 0 heterocycles. The van der Waals surface area contributed by atoms with Gasteiger partial charge in [-0.2, -0.15) is 0 Å². The number of rotatable bonds is 3. The molecular weight excluding hydrogens is 412 g/mol. The van der Waals surface area contributed by atoms with Crippen LogP contribution in [0.15, 0.2) is 78.9 Å². The molecule has 0 unspecified atom stereocenters. The average Bonchev–Trinajstić information content (AvgIpc) is 2.76. The number of benzene rings is 5. The molecular formula is C29H24O4. The van der Waals surface area contributed by atoms with E-state index in [-0.39, 0.29) is 23.0 Å². The molecule has 4 heteroatoms. The molecule has 5 aromatic rings. The Bertz CT molecular complexity index is 1420. The van der Waals surface area contributed by atoms with Crippen LogP contribution in [0.5, 0.6) is 23.0 Å². The van der Waals surface area contributed by atoms with Crippen molar-refractivity contribution in [3.05, 3.63) is 107 Å². The van der Waals surface area contributed by atoms with Crippen LogP contribution >= 0.6 is 0 Å². The molecule has 33 heavy (non-hydrogen) atoms. The van der Waals surface area contributed by atoms with Crippen molar-refractivity contribution in [2.75, 3.05) is 0 Å². The lowest BCUT2D eigenvalue weighted by molar-refractivity contribution is 0.460. The van der Waals surface area contributed by atoms with E-state index in [1.807, 2.05) is 13.8 Å². The molecule has 0 saturated carbocycles. The molecule has 0 aliphatic heterocycles. The highest BCUT2D eigenvalue weighted by molar-refractivity contribution is 5.94. The molecule has 0 fully saturated rings. The Balaban J connectivity index is 1.94. The Morgan fingerprint density at radius 3 is 1.42 bits per heavy atom. The number of hydrogen-bond acceptors (Lipinski definition) is 4. The van der Waals surface area contributed by atoms with Crippen LogP contribution in [0, 0.1) is 13.8 Å². The third-order valence-corrected chi connectivity index (χ3v) is 6.20. The highest BCUT2D eigenvalue weighted by Crippen LogP contribution is 2.47. The summed E-state index contributed by atoms with van der Waals surface area (Å²) in [5, 5.41) is 45.4. The maximum Gasteiger partial charge on any atom is 0.120 e. The van der Waals surface area contributed by atoms with Crippen molar-refractivity contribution in [3.63, 3.8) is 0 Å². The van der Waals surface area contributed by atoms with Gasteiger partial charge in [-0.1, -0.05) is 53.6 Å². The van der Waals surface area contributed by atoms with Crippen molar-refractivity contribution in [1.29, 1.82) is 0 Å². The van der Waals surface area contributed by atoms with Gasteiger partial charge in [-0.3, -0.25) is 0 Å². The minimum Gasteiger partial charge on any atom is -0.508 e. The number of aromatic hydroxyl groups is 4. The lowest BCUT2D eigenvalue weighted by Crippen LogP contribution is -2.07. The molecule has 5 aromatic carbocycles. The van der Waals surface area contributed by atoms with Crippen LogP contribution in [0.3, 0.4) is 0 Å². The molecule has 0 radical (unpaired) electrons. The Morgan fingerprint density at radius 2 is 0.970 bits per heavy atom. The average molecular weight is 437 g/mol. The Kier molecular flexibility index (Phi) is 4.86. The summed E-state index contributed by atoms with van der Waals surface area (Å²) in [6.45, 7) is 4.05. The fraction of sp³-hybridized carbons (Fsp3) is 0.103. The van der Waals surface area contributed by atoms with E-state index in [0.717, 1.165) is 38.2 Å². The van der Waals surface area contributed by atoms with Gasteiger partial charge in [0.25, 0.3) is 0 Å². The van der Waals surface area contributed by atoms with E-state index < -0.39 is 5.92 Å². The van der Waals surface area contributed by atoms with Crippen LogP contribution in [0.1, 0.15) is 33.7 Å².